The summed E-state index contributed by atoms with van der Waals surface area (Å²) >= 11 is 0. The Kier molecular flexibility index (Phi) is 5.52. The van der Waals surface area contributed by atoms with E-state index in [1.165, 1.54) is 17.0 Å². The smallest absolute Gasteiger partial charge is 0.323 e. The Morgan fingerprint density at radius 3 is 2.25 bits per heavy atom. The van der Waals surface area contributed by atoms with Crippen LogP contribution in [0.4, 0.5) is 0 Å². The van der Waals surface area contributed by atoms with E-state index < -0.39 is 17.9 Å². The highest BCUT2D eigenvalue weighted by molar-refractivity contribution is 5.85. The van der Waals surface area contributed by atoms with Gasteiger partial charge in [0.15, 0.2) is 0 Å². The van der Waals surface area contributed by atoms with Crippen molar-refractivity contribution in [3.8, 4) is 5.75 Å². The summed E-state index contributed by atoms with van der Waals surface area (Å²) in [5, 5.41) is 18.0. The highest BCUT2D eigenvalue weighted by Gasteiger charge is 2.25. The molecule has 0 heterocycles. The molecule has 0 bridgehead atoms. The lowest BCUT2D eigenvalue weighted by molar-refractivity contribution is -0.146. The molecule has 6 heteroatoms. The minimum absolute atomic E-state index is 0.142. The number of phenolic OH excluding ortho intramolecular Hbond substituents is 1. The van der Waals surface area contributed by atoms with Crippen LogP contribution in [-0.2, 0) is 16.0 Å². The van der Waals surface area contributed by atoms with Gasteiger partial charge in [0.25, 0.3) is 0 Å². The van der Waals surface area contributed by atoms with E-state index in [4.69, 9.17) is 10.8 Å². The second-order valence-electron chi connectivity index (χ2n) is 4.93. The van der Waals surface area contributed by atoms with E-state index in [0.29, 0.717) is 6.42 Å². The van der Waals surface area contributed by atoms with Gasteiger partial charge < -0.3 is 20.8 Å². The Morgan fingerprint density at radius 2 is 1.80 bits per heavy atom. The van der Waals surface area contributed by atoms with E-state index in [0.717, 1.165) is 5.56 Å². The summed E-state index contributed by atoms with van der Waals surface area (Å²) in [5.41, 5.74) is 6.66. The van der Waals surface area contributed by atoms with Gasteiger partial charge in [-0.05, 0) is 38.0 Å². The van der Waals surface area contributed by atoms with Crippen LogP contribution >= 0.6 is 0 Å². The largest absolute Gasteiger partial charge is 0.508 e. The second kappa shape index (κ2) is 6.91. The summed E-state index contributed by atoms with van der Waals surface area (Å²) in [7, 11) is 0. The molecule has 0 aliphatic heterocycles. The number of nitrogens with zero attached hydrogens (tertiary/aromatic N) is 1. The molecule has 20 heavy (non-hydrogen) atoms. The number of hydrogen-bond acceptors (Lipinski definition) is 4. The zero-order chi connectivity index (χ0) is 15.3. The molecule has 0 saturated carbocycles. The van der Waals surface area contributed by atoms with Gasteiger partial charge in [-0.3, -0.25) is 9.59 Å². The number of rotatable bonds is 6. The van der Waals surface area contributed by atoms with Crippen LogP contribution in [0.25, 0.3) is 0 Å². The third kappa shape index (κ3) is 4.55. The molecule has 0 aliphatic carbocycles. The number of carbonyl (C=O) groups excluding carboxylic acids is 1. The number of nitrogens with two attached hydrogens (primary N) is 1. The average Bonchev–Trinajstić information content (AvgIpc) is 2.37. The first kappa shape index (κ1) is 16.0. The number of amides is 1. The molecule has 0 aromatic heterocycles. The Balaban J connectivity index is 2.73. The minimum Gasteiger partial charge on any atom is -0.508 e. The normalized spacial score (nSPS) is 12.2. The van der Waals surface area contributed by atoms with Crippen LogP contribution in [0.1, 0.15) is 19.4 Å². The van der Waals surface area contributed by atoms with Gasteiger partial charge >= 0.3 is 5.97 Å². The number of carbonyl (C=O) groups is 2. The van der Waals surface area contributed by atoms with Crippen molar-refractivity contribution >= 4 is 11.9 Å². The van der Waals surface area contributed by atoms with Crippen LogP contribution in [0.2, 0.25) is 0 Å². The maximum atomic E-state index is 12.2. The van der Waals surface area contributed by atoms with Gasteiger partial charge in [-0.2, -0.15) is 0 Å². The van der Waals surface area contributed by atoms with Gasteiger partial charge in [-0.25, -0.2) is 0 Å². The van der Waals surface area contributed by atoms with E-state index in [2.05, 4.69) is 0 Å². The summed E-state index contributed by atoms with van der Waals surface area (Å²) in [4.78, 5) is 24.2. The van der Waals surface area contributed by atoms with Crippen molar-refractivity contribution in [1.82, 2.24) is 4.90 Å². The zero-order valence-corrected chi connectivity index (χ0v) is 11.6. The standard InChI is InChI=1S/C14H20N2O4/c1-9(2)16(8-13(18)19)14(20)12(15)7-10-3-5-11(17)6-4-10/h3-6,9,12,17H,7-8,15H2,1-2H3,(H,18,19)/t12-/m1/s1. The number of carboxylic acid groups (broad SMARTS) is 1. The van der Waals surface area contributed by atoms with Gasteiger partial charge in [0.05, 0.1) is 6.04 Å². The topological polar surface area (TPSA) is 104 Å². The lowest BCUT2D eigenvalue weighted by Crippen LogP contribution is -2.49. The van der Waals surface area contributed by atoms with Gasteiger partial charge in [-0.1, -0.05) is 12.1 Å². The first-order chi connectivity index (χ1) is 9.31. The van der Waals surface area contributed by atoms with Crippen LogP contribution in [-0.4, -0.2) is 45.6 Å². The number of benzene rings is 1. The molecule has 1 amide bonds. The van der Waals surface area contributed by atoms with Crippen molar-refractivity contribution in [3.05, 3.63) is 29.8 Å². The molecule has 1 aromatic rings. The average molecular weight is 280 g/mol. The Morgan fingerprint density at radius 1 is 1.25 bits per heavy atom. The van der Waals surface area contributed by atoms with Gasteiger partial charge in [0, 0.05) is 6.04 Å². The molecule has 0 radical (unpaired) electrons. The molecule has 110 valence electrons. The first-order valence-corrected chi connectivity index (χ1v) is 6.37. The monoisotopic (exact) mass is 280 g/mol. The number of aromatic hydroxyl groups is 1. The maximum Gasteiger partial charge on any atom is 0.323 e. The van der Waals surface area contributed by atoms with Crippen molar-refractivity contribution in [2.24, 2.45) is 5.73 Å². The predicted molar refractivity (Wildman–Crippen MR) is 74.3 cm³/mol. The predicted octanol–water partition coefficient (Wildman–Crippen LogP) is 0.584. The fraction of sp³-hybridized carbons (Fsp3) is 0.429. The Labute approximate surface area is 117 Å². The zero-order valence-electron chi connectivity index (χ0n) is 11.6. The van der Waals surface area contributed by atoms with E-state index >= 15 is 0 Å². The second-order valence-corrected chi connectivity index (χ2v) is 4.93. The summed E-state index contributed by atoms with van der Waals surface area (Å²) in [5.74, 6) is -1.32. The Bertz CT molecular complexity index is 471. The van der Waals surface area contributed by atoms with Gasteiger partial charge in [0.1, 0.15) is 12.3 Å². The third-order valence-corrected chi connectivity index (χ3v) is 2.92. The lowest BCUT2D eigenvalue weighted by atomic mass is 10.0. The van der Waals surface area contributed by atoms with Crippen LogP contribution in [0.5, 0.6) is 5.75 Å². The first-order valence-electron chi connectivity index (χ1n) is 6.37. The van der Waals surface area contributed by atoms with Crippen molar-refractivity contribution in [2.75, 3.05) is 6.54 Å². The van der Waals surface area contributed by atoms with Crippen molar-refractivity contribution < 1.29 is 19.8 Å². The summed E-state index contributed by atoms with van der Waals surface area (Å²) in [6.45, 7) is 3.13. The molecule has 0 saturated heterocycles. The molecule has 1 rings (SSSR count). The van der Waals surface area contributed by atoms with Crippen LogP contribution in [0.3, 0.4) is 0 Å². The van der Waals surface area contributed by atoms with Crippen LogP contribution < -0.4 is 5.73 Å². The molecular weight excluding hydrogens is 260 g/mol. The maximum absolute atomic E-state index is 12.2. The fourth-order valence-corrected chi connectivity index (χ4v) is 1.85. The molecule has 4 N–H and O–H groups in total. The van der Waals surface area contributed by atoms with E-state index in [1.54, 1.807) is 26.0 Å². The Hall–Kier alpha value is -2.08. The molecular formula is C14H20N2O4. The molecule has 6 nitrogen and oxygen atoms in total. The molecule has 0 fully saturated rings. The van der Waals surface area contributed by atoms with Gasteiger partial charge in [-0.15, -0.1) is 0 Å². The summed E-state index contributed by atoms with van der Waals surface area (Å²) in [6, 6.07) is 5.36. The van der Waals surface area contributed by atoms with Crippen molar-refractivity contribution in [1.29, 1.82) is 0 Å². The highest BCUT2D eigenvalue weighted by Crippen LogP contribution is 2.12. The van der Waals surface area contributed by atoms with Crippen molar-refractivity contribution in [2.45, 2.75) is 32.4 Å². The highest BCUT2D eigenvalue weighted by atomic mass is 16.4. The number of aliphatic carboxylic acids is 1. The van der Waals surface area contributed by atoms with Gasteiger partial charge in [0.2, 0.25) is 5.91 Å². The fourth-order valence-electron chi connectivity index (χ4n) is 1.85. The number of carboxylic acids is 1. The number of hydrogen-bond donors (Lipinski definition) is 3. The minimum atomic E-state index is -1.07. The van der Waals surface area contributed by atoms with Crippen molar-refractivity contribution in [3.63, 3.8) is 0 Å². The van der Waals surface area contributed by atoms with Crippen LogP contribution in [0.15, 0.2) is 24.3 Å². The molecule has 0 spiro atoms. The lowest BCUT2D eigenvalue weighted by Gasteiger charge is -2.27. The molecule has 1 aromatic carbocycles. The SMILES string of the molecule is CC(C)N(CC(=O)O)C(=O)[C@H](N)Cc1ccc(O)cc1. The summed E-state index contributed by atoms with van der Waals surface area (Å²) < 4.78 is 0. The van der Waals surface area contributed by atoms with Crippen LogP contribution in [0, 0.1) is 0 Å². The molecule has 0 aliphatic rings. The molecule has 1 atom stereocenters. The van der Waals surface area contributed by atoms with E-state index in [-0.39, 0.29) is 18.3 Å². The third-order valence-electron chi connectivity index (χ3n) is 2.92. The molecule has 0 unspecified atom stereocenters. The van der Waals surface area contributed by atoms with E-state index in [1.807, 2.05) is 0 Å². The van der Waals surface area contributed by atoms with E-state index in [9.17, 15) is 14.7 Å². The quantitative estimate of drug-likeness (QED) is 0.707. The summed E-state index contributed by atoms with van der Waals surface area (Å²) in [6.07, 6.45) is 0.294. The number of phenols is 1.